The van der Waals surface area contributed by atoms with Gasteiger partial charge in [0, 0.05) is 13.0 Å². The number of rotatable bonds is 1. The van der Waals surface area contributed by atoms with Crippen molar-refractivity contribution in [1.29, 1.82) is 0 Å². The van der Waals surface area contributed by atoms with Gasteiger partial charge in [-0.2, -0.15) is 0 Å². The summed E-state index contributed by atoms with van der Waals surface area (Å²) < 4.78 is 1.56. The predicted molar refractivity (Wildman–Crippen MR) is 49.5 cm³/mol. The van der Waals surface area contributed by atoms with Gasteiger partial charge in [0.2, 0.25) is 5.69 Å². The normalized spacial score (nSPS) is 10.2. The Morgan fingerprint density at radius 2 is 1.85 bits per heavy atom. The van der Waals surface area contributed by atoms with Gasteiger partial charge in [0.1, 0.15) is 5.69 Å². The van der Waals surface area contributed by atoms with Crippen molar-refractivity contribution >= 4 is 0 Å². The Balaban J connectivity index is 2.53. The molecule has 66 valence electrons. The maximum absolute atomic E-state index is 11.4. The molecule has 13 heavy (non-hydrogen) atoms. The van der Waals surface area contributed by atoms with Gasteiger partial charge in [-0.3, -0.25) is 0 Å². The molecular weight excluding hydrogens is 164 g/mol. The molecule has 0 radical (unpaired) electrons. The third-order valence-corrected chi connectivity index (χ3v) is 1.98. The topological polar surface area (TPSA) is 31.9 Å². The minimum absolute atomic E-state index is 0.698. The van der Waals surface area contributed by atoms with E-state index in [-0.39, 0.29) is 0 Å². The monoisotopic (exact) mass is 174 g/mol. The van der Waals surface area contributed by atoms with Crippen LogP contribution in [0.1, 0.15) is 5.69 Å². The number of benzene rings is 1. The number of hydrogen-bond acceptors (Lipinski definition) is 1. The standard InChI is InChI=1S/C10H10N2O/c1-9-7-8-11(12(9)13)10-5-3-2-4-6-10/h2-8H,1H3. The van der Waals surface area contributed by atoms with Crippen molar-refractivity contribution in [3.05, 3.63) is 53.5 Å². The zero-order chi connectivity index (χ0) is 9.26. The van der Waals surface area contributed by atoms with Crippen molar-refractivity contribution in [2.45, 2.75) is 6.92 Å². The first-order valence-corrected chi connectivity index (χ1v) is 4.12. The smallest absolute Gasteiger partial charge is 0.218 e. The van der Waals surface area contributed by atoms with Crippen LogP contribution in [0.25, 0.3) is 5.69 Å². The van der Waals surface area contributed by atoms with Crippen LogP contribution in [-0.4, -0.2) is 4.68 Å². The Kier molecular flexibility index (Phi) is 1.77. The molecule has 1 aromatic carbocycles. The number of nitrogens with zero attached hydrogens (tertiary/aromatic N) is 2. The van der Waals surface area contributed by atoms with Crippen molar-refractivity contribution in [2.24, 2.45) is 0 Å². The van der Waals surface area contributed by atoms with Crippen molar-refractivity contribution in [3.8, 4) is 5.69 Å². The highest BCUT2D eigenvalue weighted by Gasteiger charge is 2.06. The second-order valence-electron chi connectivity index (χ2n) is 2.91. The van der Waals surface area contributed by atoms with Crippen LogP contribution in [0, 0.1) is 12.1 Å². The summed E-state index contributed by atoms with van der Waals surface area (Å²) in [5.41, 5.74) is 1.58. The van der Waals surface area contributed by atoms with Crippen LogP contribution in [0.5, 0.6) is 0 Å². The van der Waals surface area contributed by atoms with Crippen molar-refractivity contribution in [3.63, 3.8) is 0 Å². The lowest BCUT2D eigenvalue weighted by Crippen LogP contribution is -2.37. The molecule has 2 rings (SSSR count). The van der Waals surface area contributed by atoms with Gasteiger partial charge in [0.15, 0.2) is 0 Å². The zero-order valence-electron chi connectivity index (χ0n) is 7.34. The summed E-state index contributed by atoms with van der Waals surface area (Å²) in [5, 5.41) is 11.4. The van der Waals surface area contributed by atoms with Gasteiger partial charge >= 0.3 is 0 Å². The molecule has 0 fully saturated rings. The lowest BCUT2D eigenvalue weighted by molar-refractivity contribution is -0.689. The molecular formula is C10H10N2O. The van der Waals surface area contributed by atoms with E-state index in [9.17, 15) is 5.21 Å². The minimum atomic E-state index is 0.698. The molecule has 1 aromatic heterocycles. The zero-order valence-corrected chi connectivity index (χ0v) is 7.34. The number of para-hydroxylation sites is 1. The summed E-state index contributed by atoms with van der Waals surface area (Å²) in [5.74, 6) is 0. The number of hydrogen-bond donors (Lipinski definition) is 0. The van der Waals surface area contributed by atoms with Gasteiger partial charge in [0.25, 0.3) is 0 Å². The Bertz CT molecular complexity index is 406. The number of aryl methyl sites for hydroxylation is 1. The van der Waals surface area contributed by atoms with Gasteiger partial charge in [-0.15, -0.1) is 4.68 Å². The van der Waals surface area contributed by atoms with Crippen molar-refractivity contribution < 1.29 is 4.85 Å². The quantitative estimate of drug-likeness (QED) is 0.475. The average Bonchev–Trinajstić information content (AvgIpc) is 2.49. The van der Waals surface area contributed by atoms with Crippen LogP contribution in [0.15, 0.2) is 42.6 Å². The highest BCUT2D eigenvalue weighted by molar-refractivity contribution is 5.28. The highest BCUT2D eigenvalue weighted by Crippen LogP contribution is 2.04. The fourth-order valence-corrected chi connectivity index (χ4v) is 1.24. The fourth-order valence-electron chi connectivity index (χ4n) is 1.24. The van der Waals surface area contributed by atoms with E-state index in [1.54, 1.807) is 23.9 Å². The molecule has 0 saturated heterocycles. The van der Waals surface area contributed by atoms with Gasteiger partial charge < -0.3 is 5.21 Å². The minimum Gasteiger partial charge on any atom is -0.595 e. The van der Waals surface area contributed by atoms with Gasteiger partial charge in [0.05, 0.1) is 6.20 Å². The summed E-state index contributed by atoms with van der Waals surface area (Å²) in [6, 6.07) is 11.3. The third kappa shape index (κ3) is 1.28. The molecule has 0 bridgehead atoms. The molecule has 0 aliphatic heterocycles. The van der Waals surface area contributed by atoms with Gasteiger partial charge in [-0.25, -0.2) is 0 Å². The Morgan fingerprint density at radius 1 is 1.15 bits per heavy atom. The Morgan fingerprint density at radius 3 is 2.38 bits per heavy atom. The van der Waals surface area contributed by atoms with E-state index in [0.29, 0.717) is 5.69 Å². The fraction of sp³-hybridized carbons (Fsp3) is 0.100. The van der Waals surface area contributed by atoms with Crippen molar-refractivity contribution in [2.75, 3.05) is 0 Å². The lowest BCUT2D eigenvalue weighted by atomic mass is 10.3. The molecule has 0 atom stereocenters. The second-order valence-corrected chi connectivity index (χ2v) is 2.91. The first-order valence-electron chi connectivity index (χ1n) is 4.12. The first-order chi connectivity index (χ1) is 6.29. The summed E-state index contributed by atoms with van der Waals surface area (Å²) in [6.45, 7) is 1.78. The third-order valence-electron chi connectivity index (χ3n) is 1.98. The lowest BCUT2D eigenvalue weighted by Gasteiger charge is -2.02. The Labute approximate surface area is 76.4 Å². The summed E-state index contributed by atoms with van der Waals surface area (Å²) in [7, 11) is 0. The maximum atomic E-state index is 11.4. The molecule has 0 N–H and O–H groups in total. The van der Waals surface area contributed by atoms with Crippen LogP contribution >= 0.6 is 0 Å². The average molecular weight is 174 g/mol. The van der Waals surface area contributed by atoms with Crippen LogP contribution in [0.3, 0.4) is 0 Å². The van der Waals surface area contributed by atoms with E-state index in [1.165, 1.54) is 0 Å². The molecule has 2 aromatic rings. The summed E-state index contributed by atoms with van der Waals surface area (Å²) >= 11 is 0. The Hall–Kier alpha value is -1.77. The molecule has 1 heterocycles. The molecule has 0 amide bonds. The largest absolute Gasteiger partial charge is 0.595 e. The van der Waals surface area contributed by atoms with E-state index in [0.717, 1.165) is 10.5 Å². The second kappa shape index (κ2) is 2.94. The SMILES string of the molecule is Cc1ccn(-c2ccccc2)[n+]1[O-]. The molecule has 3 heteroatoms. The molecule has 0 aliphatic rings. The molecule has 0 spiro atoms. The number of aromatic nitrogens is 2. The molecule has 0 aliphatic carbocycles. The van der Waals surface area contributed by atoms with E-state index in [4.69, 9.17) is 0 Å². The molecule has 0 unspecified atom stereocenters. The maximum Gasteiger partial charge on any atom is 0.218 e. The van der Waals surface area contributed by atoms with E-state index < -0.39 is 0 Å². The van der Waals surface area contributed by atoms with Crippen LogP contribution in [0.4, 0.5) is 0 Å². The summed E-state index contributed by atoms with van der Waals surface area (Å²) in [6.07, 6.45) is 1.76. The molecule has 3 nitrogen and oxygen atoms in total. The van der Waals surface area contributed by atoms with Crippen LogP contribution in [-0.2, 0) is 0 Å². The summed E-state index contributed by atoms with van der Waals surface area (Å²) in [4.78, 5) is 0.870. The van der Waals surface area contributed by atoms with Crippen molar-refractivity contribution in [1.82, 2.24) is 4.68 Å². The van der Waals surface area contributed by atoms with Gasteiger partial charge in [-0.1, -0.05) is 23.0 Å². The highest BCUT2D eigenvalue weighted by atomic mass is 16.5. The molecule has 0 saturated carbocycles. The van der Waals surface area contributed by atoms with Crippen LogP contribution < -0.4 is 4.85 Å². The predicted octanol–water partition coefficient (Wildman–Crippen LogP) is 1.42. The van der Waals surface area contributed by atoms with E-state index in [1.807, 2.05) is 30.3 Å². The van der Waals surface area contributed by atoms with Gasteiger partial charge in [-0.05, 0) is 12.1 Å². The van der Waals surface area contributed by atoms with E-state index >= 15 is 0 Å². The van der Waals surface area contributed by atoms with E-state index in [2.05, 4.69) is 0 Å². The van der Waals surface area contributed by atoms with Crippen LogP contribution in [0.2, 0.25) is 0 Å². The first kappa shape index (κ1) is 7.86.